The molecule has 0 spiro atoms. The first-order valence-corrected chi connectivity index (χ1v) is 13.1. The zero-order chi connectivity index (χ0) is 25.8. The Morgan fingerprint density at radius 1 is 1.20 bits per heavy atom. The summed E-state index contributed by atoms with van der Waals surface area (Å²) in [6, 6.07) is 8.79. The third-order valence-electron chi connectivity index (χ3n) is 5.17. The van der Waals surface area contributed by atoms with E-state index in [0.29, 0.717) is 35.7 Å². The number of aryl methyl sites for hydroxylation is 1. The summed E-state index contributed by atoms with van der Waals surface area (Å²) in [6.45, 7) is 8.06. The van der Waals surface area contributed by atoms with Gasteiger partial charge in [-0.3, -0.25) is 4.72 Å². The van der Waals surface area contributed by atoms with Crippen molar-refractivity contribution >= 4 is 21.8 Å². The van der Waals surface area contributed by atoms with Crippen LogP contribution in [0.5, 0.6) is 0 Å². The van der Waals surface area contributed by atoms with Gasteiger partial charge in [0.2, 0.25) is 10.0 Å². The topological polar surface area (TPSA) is 139 Å². The molecule has 3 aromatic rings. The van der Waals surface area contributed by atoms with Crippen LogP contribution in [0.4, 0.5) is 10.5 Å². The molecule has 1 aromatic carbocycles. The van der Waals surface area contributed by atoms with E-state index in [-0.39, 0.29) is 11.5 Å². The lowest BCUT2D eigenvalue weighted by atomic mass is 9.96. The SMILES string of the molecule is COC(=O)N[C@@H](C)CCc1nccc(-c2[nH]c(C(C)(C)C)nc2-c2cccc(NS(C)(=O)=O)c2)n1. The fourth-order valence-electron chi connectivity index (χ4n) is 3.40. The van der Waals surface area contributed by atoms with Crippen LogP contribution in [0.15, 0.2) is 36.5 Å². The molecule has 1 amide bonds. The fraction of sp³-hybridized carbons (Fsp3) is 0.417. The molecule has 1 atom stereocenters. The lowest BCUT2D eigenvalue weighted by Gasteiger charge is -2.14. The molecule has 35 heavy (non-hydrogen) atoms. The Morgan fingerprint density at radius 2 is 1.94 bits per heavy atom. The summed E-state index contributed by atoms with van der Waals surface area (Å²) < 4.78 is 30.6. The lowest BCUT2D eigenvalue weighted by molar-refractivity contribution is 0.167. The number of imidazole rings is 1. The summed E-state index contributed by atoms with van der Waals surface area (Å²) in [5, 5.41) is 2.74. The second kappa shape index (κ2) is 10.4. The maximum Gasteiger partial charge on any atom is 0.407 e. The van der Waals surface area contributed by atoms with E-state index < -0.39 is 16.1 Å². The van der Waals surface area contributed by atoms with Crippen molar-refractivity contribution in [2.75, 3.05) is 18.1 Å². The van der Waals surface area contributed by atoms with Gasteiger partial charge in [-0.2, -0.15) is 0 Å². The van der Waals surface area contributed by atoms with Crippen LogP contribution in [-0.2, 0) is 26.6 Å². The molecule has 0 aliphatic heterocycles. The lowest BCUT2D eigenvalue weighted by Crippen LogP contribution is -2.32. The smallest absolute Gasteiger partial charge is 0.407 e. The highest BCUT2D eigenvalue weighted by atomic mass is 32.2. The molecule has 11 heteroatoms. The van der Waals surface area contributed by atoms with E-state index in [4.69, 9.17) is 9.97 Å². The van der Waals surface area contributed by atoms with Crippen molar-refractivity contribution in [3.8, 4) is 22.6 Å². The van der Waals surface area contributed by atoms with Crippen LogP contribution in [0.2, 0.25) is 0 Å². The molecular formula is C24H32N6O4S. The minimum absolute atomic E-state index is 0.102. The third kappa shape index (κ3) is 7.25. The number of aromatic amines is 1. The molecule has 188 valence electrons. The Kier molecular flexibility index (Phi) is 7.79. The average Bonchev–Trinajstić information content (AvgIpc) is 3.23. The highest BCUT2D eigenvalue weighted by Gasteiger charge is 2.23. The van der Waals surface area contributed by atoms with E-state index in [1.54, 1.807) is 24.4 Å². The number of methoxy groups -OCH3 is 1. The maximum absolute atomic E-state index is 11.7. The number of hydrogen-bond acceptors (Lipinski definition) is 7. The summed E-state index contributed by atoms with van der Waals surface area (Å²) in [7, 11) is -2.09. The van der Waals surface area contributed by atoms with Gasteiger partial charge in [-0.1, -0.05) is 32.9 Å². The number of alkyl carbamates (subject to hydrolysis) is 1. The number of rotatable bonds is 8. The minimum atomic E-state index is -3.42. The predicted octanol–water partition coefficient (Wildman–Crippen LogP) is 3.88. The monoisotopic (exact) mass is 500 g/mol. The van der Waals surface area contributed by atoms with Gasteiger partial charge in [-0.05, 0) is 31.5 Å². The van der Waals surface area contributed by atoms with Gasteiger partial charge < -0.3 is 15.0 Å². The number of ether oxygens (including phenoxy) is 1. The predicted molar refractivity (Wildman–Crippen MR) is 136 cm³/mol. The first-order valence-electron chi connectivity index (χ1n) is 11.2. The number of benzene rings is 1. The van der Waals surface area contributed by atoms with Gasteiger partial charge in [0.1, 0.15) is 11.6 Å². The minimum Gasteiger partial charge on any atom is -0.453 e. The van der Waals surface area contributed by atoms with E-state index in [2.05, 4.69) is 45.5 Å². The second-order valence-corrected chi connectivity index (χ2v) is 11.2. The first-order chi connectivity index (χ1) is 16.4. The Morgan fingerprint density at radius 3 is 2.60 bits per heavy atom. The summed E-state index contributed by atoms with van der Waals surface area (Å²) in [6.07, 6.45) is 3.53. The molecule has 0 fully saturated rings. The zero-order valence-corrected chi connectivity index (χ0v) is 21.7. The fourth-order valence-corrected chi connectivity index (χ4v) is 3.96. The van der Waals surface area contributed by atoms with Gasteiger partial charge in [0.25, 0.3) is 0 Å². The molecule has 2 aromatic heterocycles. The molecule has 3 N–H and O–H groups in total. The molecule has 0 bridgehead atoms. The number of anilines is 1. The van der Waals surface area contributed by atoms with E-state index in [9.17, 15) is 13.2 Å². The number of hydrogen-bond donors (Lipinski definition) is 3. The van der Waals surface area contributed by atoms with E-state index in [1.165, 1.54) is 7.11 Å². The highest BCUT2D eigenvalue weighted by molar-refractivity contribution is 7.92. The largest absolute Gasteiger partial charge is 0.453 e. The van der Waals surface area contributed by atoms with Gasteiger partial charge >= 0.3 is 6.09 Å². The van der Waals surface area contributed by atoms with Gasteiger partial charge in [-0.25, -0.2) is 28.2 Å². The number of aromatic nitrogens is 4. The molecular weight excluding hydrogens is 468 g/mol. The number of carbonyl (C=O) groups excluding carboxylic acids is 1. The number of carbonyl (C=O) groups is 1. The van der Waals surface area contributed by atoms with Crippen molar-refractivity contribution < 1.29 is 17.9 Å². The molecule has 3 rings (SSSR count). The number of sulfonamides is 1. The molecule has 0 aliphatic carbocycles. The molecule has 0 radical (unpaired) electrons. The summed E-state index contributed by atoms with van der Waals surface area (Å²) in [5.41, 5.74) is 3.00. The van der Waals surface area contributed by atoms with E-state index >= 15 is 0 Å². The molecule has 0 unspecified atom stereocenters. The van der Waals surface area contributed by atoms with Crippen molar-refractivity contribution in [2.45, 2.75) is 52.0 Å². The van der Waals surface area contributed by atoms with E-state index in [0.717, 1.165) is 23.3 Å². The number of amides is 1. The van der Waals surface area contributed by atoms with Crippen LogP contribution < -0.4 is 10.0 Å². The molecule has 2 heterocycles. The van der Waals surface area contributed by atoms with Gasteiger partial charge in [0, 0.05) is 35.3 Å². The summed E-state index contributed by atoms with van der Waals surface area (Å²) in [4.78, 5) is 28.8. The van der Waals surface area contributed by atoms with Crippen LogP contribution in [-0.4, -0.2) is 53.9 Å². The van der Waals surface area contributed by atoms with Gasteiger partial charge in [-0.15, -0.1) is 0 Å². The zero-order valence-electron chi connectivity index (χ0n) is 20.8. The molecule has 0 saturated carbocycles. The Balaban J connectivity index is 1.97. The van der Waals surface area contributed by atoms with Crippen LogP contribution >= 0.6 is 0 Å². The first kappa shape index (κ1) is 26.1. The Labute approximate surface area is 206 Å². The molecule has 0 aliphatic rings. The molecule has 10 nitrogen and oxygen atoms in total. The number of nitrogens with zero attached hydrogens (tertiary/aromatic N) is 3. The van der Waals surface area contributed by atoms with Crippen molar-refractivity contribution in [3.63, 3.8) is 0 Å². The van der Waals surface area contributed by atoms with Gasteiger partial charge in [0.05, 0.1) is 30.4 Å². The maximum atomic E-state index is 11.7. The standard InChI is InChI=1S/C24H32N6O4S/c1-15(26-23(31)34-5)10-11-19-25-13-12-18(27-19)21-20(28-22(29-21)24(2,3)4)16-8-7-9-17(14-16)30-35(6,32)33/h7-9,12-15,30H,10-11H2,1-6H3,(H,26,31)(H,28,29)/t15-/m0/s1. The van der Waals surface area contributed by atoms with E-state index in [1.807, 2.05) is 19.1 Å². The van der Waals surface area contributed by atoms with Crippen LogP contribution in [0.1, 0.15) is 45.8 Å². The Bertz CT molecular complexity index is 1300. The van der Waals surface area contributed by atoms with Crippen molar-refractivity contribution in [2.24, 2.45) is 0 Å². The van der Waals surface area contributed by atoms with Crippen LogP contribution in [0.3, 0.4) is 0 Å². The van der Waals surface area contributed by atoms with Crippen molar-refractivity contribution in [3.05, 3.63) is 48.2 Å². The van der Waals surface area contributed by atoms with Crippen molar-refractivity contribution in [1.29, 1.82) is 0 Å². The normalized spacial score (nSPS) is 12.7. The van der Waals surface area contributed by atoms with Crippen LogP contribution in [0, 0.1) is 0 Å². The van der Waals surface area contributed by atoms with Crippen LogP contribution in [0.25, 0.3) is 22.6 Å². The van der Waals surface area contributed by atoms with Crippen molar-refractivity contribution in [1.82, 2.24) is 25.3 Å². The molecule has 0 saturated heterocycles. The number of nitrogens with one attached hydrogen (secondary N) is 3. The summed E-state index contributed by atoms with van der Waals surface area (Å²) in [5.74, 6) is 1.41. The quantitative estimate of drug-likeness (QED) is 0.426. The average molecular weight is 501 g/mol. The Hall–Kier alpha value is -3.47. The number of H-pyrrole nitrogens is 1. The second-order valence-electron chi connectivity index (χ2n) is 9.45. The highest BCUT2D eigenvalue weighted by Crippen LogP contribution is 2.33. The van der Waals surface area contributed by atoms with Gasteiger partial charge in [0.15, 0.2) is 0 Å². The summed E-state index contributed by atoms with van der Waals surface area (Å²) >= 11 is 0. The third-order valence-corrected chi connectivity index (χ3v) is 5.77.